The summed E-state index contributed by atoms with van der Waals surface area (Å²) in [7, 11) is 1.57. The van der Waals surface area contributed by atoms with Crippen molar-refractivity contribution in [3.8, 4) is 0 Å². The highest BCUT2D eigenvalue weighted by atomic mass is 16.4. The minimum atomic E-state index is -1.02. The molecule has 21 heavy (non-hydrogen) atoms. The van der Waals surface area contributed by atoms with Crippen LogP contribution in [0.4, 0.5) is 6.01 Å². The zero-order valence-corrected chi connectivity index (χ0v) is 11.9. The van der Waals surface area contributed by atoms with Gasteiger partial charge in [-0.15, -0.1) is 0 Å². The van der Waals surface area contributed by atoms with E-state index in [0.29, 0.717) is 23.7 Å². The summed E-state index contributed by atoms with van der Waals surface area (Å²) in [6.45, 7) is 2.75. The number of nitrogens with one attached hydrogen (secondary N) is 1. The topological polar surface area (TPSA) is 95.7 Å². The van der Waals surface area contributed by atoms with Gasteiger partial charge in [0.2, 0.25) is 5.91 Å². The number of carboxylic acids is 1. The summed E-state index contributed by atoms with van der Waals surface area (Å²) in [4.78, 5) is 28.5. The number of amides is 1. The minimum absolute atomic E-state index is 0.138. The second kappa shape index (κ2) is 6.25. The SMILES string of the molecule is CCCN(CC(=O)NC)c1nc2ccc(C(=O)O)cc2o1. The van der Waals surface area contributed by atoms with Crippen LogP contribution in [0.15, 0.2) is 22.6 Å². The number of carboxylic acid groups (broad SMARTS) is 1. The molecular weight excluding hydrogens is 274 g/mol. The second-order valence-electron chi connectivity index (χ2n) is 4.58. The minimum Gasteiger partial charge on any atom is -0.478 e. The Morgan fingerprint density at radius 1 is 1.43 bits per heavy atom. The molecule has 2 aromatic rings. The Balaban J connectivity index is 2.34. The monoisotopic (exact) mass is 291 g/mol. The molecule has 1 heterocycles. The van der Waals surface area contributed by atoms with Crippen molar-refractivity contribution in [1.82, 2.24) is 10.3 Å². The van der Waals surface area contributed by atoms with Crippen LogP contribution < -0.4 is 10.2 Å². The van der Waals surface area contributed by atoms with Crippen LogP contribution in [0, 0.1) is 0 Å². The molecule has 2 N–H and O–H groups in total. The maximum absolute atomic E-state index is 11.5. The van der Waals surface area contributed by atoms with Gasteiger partial charge in [-0.3, -0.25) is 4.79 Å². The van der Waals surface area contributed by atoms with Crippen LogP contribution in [0.2, 0.25) is 0 Å². The normalized spacial score (nSPS) is 10.6. The summed E-state index contributed by atoms with van der Waals surface area (Å²) < 4.78 is 5.59. The highest BCUT2D eigenvalue weighted by molar-refractivity contribution is 5.92. The van der Waals surface area contributed by atoms with Gasteiger partial charge in [-0.05, 0) is 24.6 Å². The zero-order valence-electron chi connectivity index (χ0n) is 11.9. The third-order valence-corrected chi connectivity index (χ3v) is 3.00. The number of benzene rings is 1. The van der Waals surface area contributed by atoms with Gasteiger partial charge in [0.25, 0.3) is 6.01 Å². The largest absolute Gasteiger partial charge is 0.478 e. The lowest BCUT2D eigenvalue weighted by atomic mass is 10.2. The average Bonchev–Trinajstić information content (AvgIpc) is 2.89. The lowest BCUT2D eigenvalue weighted by Crippen LogP contribution is -2.36. The molecule has 7 nitrogen and oxygen atoms in total. The van der Waals surface area contributed by atoms with E-state index in [9.17, 15) is 9.59 Å². The molecule has 0 aliphatic heterocycles. The first-order valence-corrected chi connectivity index (χ1v) is 6.64. The summed E-state index contributed by atoms with van der Waals surface area (Å²) in [5.41, 5.74) is 1.09. The molecule has 2 rings (SSSR count). The molecule has 1 aromatic heterocycles. The predicted octanol–water partition coefficient (Wildman–Crippen LogP) is 1.49. The number of carbonyl (C=O) groups excluding carboxylic acids is 1. The van der Waals surface area contributed by atoms with Crippen molar-refractivity contribution in [3.63, 3.8) is 0 Å². The van der Waals surface area contributed by atoms with Gasteiger partial charge in [0.05, 0.1) is 5.56 Å². The Morgan fingerprint density at radius 3 is 2.81 bits per heavy atom. The van der Waals surface area contributed by atoms with Gasteiger partial charge in [0, 0.05) is 13.6 Å². The number of oxazole rings is 1. The molecular formula is C14H17N3O4. The van der Waals surface area contributed by atoms with Gasteiger partial charge in [-0.25, -0.2) is 4.79 Å². The molecule has 0 saturated heterocycles. The van der Waals surface area contributed by atoms with Gasteiger partial charge in [-0.2, -0.15) is 4.98 Å². The van der Waals surface area contributed by atoms with E-state index in [1.54, 1.807) is 18.0 Å². The van der Waals surface area contributed by atoms with Crippen molar-refractivity contribution >= 4 is 29.0 Å². The lowest BCUT2D eigenvalue weighted by Gasteiger charge is -2.18. The summed E-state index contributed by atoms with van der Waals surface area (Å²) in [5, 5.41) is 11.5. The van der Waals surface area contributed by atoms with Crippen molar-refractivity contribution < 1.29 is 19.1 Å². The molecule has 7 heteroatoms. The van der Waals surface area contributed by atoms with Gasteiger partial charge in [0.15, 0.2) is 5.58 Å². The molecule has 0 aliphatic rings. The molecule has 1 aromatic carbocycles. The van der Waals surface area contributed by atoms with E-state index in [1.807, 2.05) is 6.92 Å². The van der Waals surface area contributed by atoms with Crippen molar-refractivity contribution in [2.24, 2.45) is 0 Å². The van der Waals surface area contributed by atoms with Gasteiger partial charge < -0.3 is 19.7 Å². The Bertz CT molecular complexity index is 665. The molecule has 0 saturated carbocycles. The standard InChI is InChI=1S/C14H17N3O4/c1-3-6-17(8-12(18)15-2)14-16-10-5-4-9(13(19)20)7-11(10)21-14/h4-5,7H,3,6,8H2,1-2H3,(H,15,18)(H,19,20). The van der Waals surface area contributed by atoms with Crippen LogP contribution in [0.3, 0.4) is 0 Å². The van der Waals surface area contributed by atoms with Gasteiger partial charge in [0.1, 0.15) is 12.1 Å². The van der Waals surface area contributed by atoms with Crippen LogP contribution in [0.1, 0.15) is 23.7 Å². The number of carbonyl (C=O) groups is 2. The average molecular weight is 291 g/mol. The zero-order chi connectivity index (χ0) is 15.4. The quantitative estimate of drug-likeness (QED) is 0.837. The predicted molar refractivity (Wildman–Crippen MR) is 77.5 cm³/mol. The smallest absolute Gasteiger partial charge is 0.335 e. The molecule has 0 atom stereocenters. The number of rotatable bonds is 6. The maximum Gasteiger partial charge on any atom is 0.335 e. The van der Waals surface area contributed by atoms with Gasteiger partial charge in [-0.1, -0.05) is 6.92 Å². The summed E-state index contributed by atoms with van der Waals surface area (Å²) in [5.74, 6) is -1.16. The maximum atomic E-state index is 11.5. The van der Waals surface area contributed by atoms with Crippen molar-refractivity contribution in [2.75, 3.05) is 25.0 Å². The molecule has 112 valence electrons. The molecule has 0 spiro atoms. The van der Waals surface area contributed by atoms with Crippen LogP contribution in [-0.4, -0.2) is 42.1 Å². The second-order valence-corrected chi connectivity index (χ2v) is 4.58. The number of likely N-dealkylation sites (N-methyl/N-ethyl adjacent to an activating group) is 1. The lowest BCUT2D eigenvalue weighted by molar-refractivity contribution is -0.119. The number of hydrogen-bond acceptors (Lipinski definition) is 5. The Hall–Kier alpha value is -2.57. The fraction of sp³-hybridized carbons (Fsp3) is 0.357. The van der Waals surface area contributed by atoms with E-state index < -0.39 is 5.97 Å². The Morgan fingerprint density at radius 2 is 2.19 bits per heavy atom. The number of hydrogen-bond donors (Lipinski definition) is 2. The van der Waals surface area contributed by atoms with E-state index >= 15 is 0 Å². The highest BCUT2D eigenvalue weighted by Gasteiger charge is 2.17. The Kier molecular flexibility index (Phi) is 4.42. The third kappa shape index (κ3) is 3.31. The van der Waals surface area contributed by atoms with E-state index in [1.165, 1.54) is 12.1 Å². The van der Waals surface area contributed by atoms with Gasteiger partial charge >= 0.3 is 5.97 Å². The summed E-state index contributed by atoms with van der Waals surface area (Å²) >= 11 is 0. The van der Waals surface area contributed by atoms with Crippen LogP contribution >= 0.6 is 0 Å². The van der Waals surface area contributed by atoms with E-state index in [2.05, 4.69) is 10.3 Å². The van der Waals surface area contributed by atoms with E-state index in [0.717, 1.165) is 6.42 Å². The first-order chi connectivity index (χ1) is 10.0. The van der Waals surface area contributed by atoms with E-state index in [4.69, 9.17) is 9.52 Å². The summed E-state index contributed by atoms with van der Waals surface area (Å²) in [6.07, 6.45) is 0.829. The number of nitrogens with zero attached hydrogens (tertiary/aromatic N) is 2. The molecule has 0 bridgehead atoms. The number of aromatic carboxylic acids is 1. The first kappa shape index (κ1) is 14.8. The molecule has 0 unspecified atom stereocenters. The van der Waals surface area contributed by atoms with E-state index in [-0.39, 0.29) is 18.0 Å². The fourth-order valence-electron chi connectivity index (χ4n) is 1.95. The molecule has 0 radical (unpaired) electrons. The van der Waals surface area contributed by atoms with Crippen molar-refractivity contribution in [2.45, 2.75) is 13.3 Å². The third-order valence-electron chi connectivity index (χ3n) is 3.00. The molecule has 1 amide bonds. The number of aromatic nitrogens is 1. The van der Waals surface area contributed by atoms with Crippen LogP contribution in [0.5, 0.6) is 0 Å². The molecule has 0 fully saturated rings. The molecule has 0 aliphatic carbocycles. The number of anilines is 1. The van der Waals surface area contributed by atoms with Crippen LogP contribution in [0.25, 0.3) is 11.1 Å². The summed E-state index contributed by atoms with van der Waals surface area (Å²) in [6, 6.07) is 4.81. The number of fused-ring (bicyclic) bond motifs is 1. The fourth-order valence-corrected chi connectivity index (χ4v) is 1.95. The Labute approximate surface area is 121 Å². The first-order valence-electron chi connectivity index (χ1n) is 6.64. The highest BCUT2D eigenvalue weighted by Crippen LogP contribution is 2.23. The van der Waals surface area contributed by atoms with Crippen LogP contribution in [-0.2, 0) is 4.79 Å². The van der Waals surface area contributed by atoms with Crippen molar-refractivity contribution in [3.05, 3.63) is 23.8 Å². The van der Waals surface area contributed by atoms with Crippen molar-refractivity contribution in [1.29, 1.82) is 0 Å².